The maximum atomic E-state index is 11.8. The topological polar surface area (TPSA) is 128 Å². The van der Waals surface area contributed by atoms with Gasteiger partial charge < -0.3 is 42.2 Å². The van der Waals surface area contributed by atoms with Crippen LogP contribution in [0.25, 0.3) is 32.9 Å². The average Bonchev–Trinajstić information content (AvgIpc) is 3.39. The van der Waals surface area contributed by atoms with Gasteiger partial charge in [-0.25, -0.2) is 14.4 Å². The largest absolute Gasteiger partial charge is 0.493 e. The summed E-state index contributed by atoms with van der Waals surface area (Å²) < 4.78 is 34.2. The van der Waals surface area contributed by atoms with Gasteiger partial charge in [-0.1, -0.05) is 107 Å². The number of hydrogen-bond acceptors (Lipinski definition) is 12. The fourth-order valence-electron chi connectivity index (χ4n) is 7.14. The summed E-state index contributed by atoms with van der Waals surface area (Å²) in [6.45, 7) is 40.0. The maximum Gasteiger partial charge on any atom is 0.355 e. The Kier molecular flexibility index (Phi) is 33.5. The highest BCUT2D eigenvalue weighted by atomic mass is 79.9. The van der Waals surface area contributed by atoms with E-state index in [9.17, 15) is 14.4 Å². The van der Waals surface area contributed by atoms with E-state index in [-0.39, 0.29) is 10.6 Å². The SMILES string of the molecule is CC.CC.CC.CCN(CC)CCCOc1c(Br)c(=O)oc2ccccc12.CCN(CC)CCCOc1ccc2cc(Br)c(=O)oc2c1C.CCN(CC)CCCOc1ccc2cc(Cl)c(=O)oc2c1C. The van der Waals surface area contributed by atoms with E-state index >= 15 is 0 Å². The molecule has 0 aliphatic carbocycles. The standard InChI is InChI=1S/C17H22BrNO3.C17H22ClNO3.C16H20BrNO3.3C2H6/c2*1-4-19(5-2)9-6-10-21-15-8-7-13-11-14(18)17(20)22-16(13)12(15)3;1-3-18(4-2)10-7-11-20-15-12-8-5-6-9-13(12)21-16(19)14(15)17;3*1-2/h2*7-8,11H,4-6,9-10H2,1-3H3;5-6,8-9H,3-4,7,10-11H2,1-2H3;3*1-2H3. The number of ether oxygens (including phenoxy) is 3. The smallest absolute Gasteiger partial charge is 0.355 e. The van der Waals surface area contributed by atoms with Crippen molar-refractivity contribution in [2.75, 3.05) is 78.7 Å². The third-order valence-electron chi connectivity index (χ3n) is 11.1. The second kappa shape index (κ2) is 36.7. The van der Waals surface area contributed by atoms with E-state index in [1.165, 1.54) is 0 Å². The number of rotatable bonds is 21. The molecule has 0 N–H and O–H groups in total. The highest BCUT2D eigenvalue weighted by molar-refractivity contribution is 9.10. The lowest BCUT2D eigenvalue weighted by atomic mass is 10.1. The first-order chi connectivity index (χ1) is 34.3. The number of benzene rings is 3. The van der Waals surface area contributed by atoms with Crippen molar-refractivity contribution >= 4 is 76.4 Å². The Bertz CT molecular complexity index is 2480. The minimum Gasteiger partial charge on any atom is -0.493 e. The molecule has 0 fully saturated rings. The zero-order chi connectivity index (χ0) is 53.5. The highest BCUT2D eigenvalue weighted by Gasteiger charge is 2.15. The van der Waals surface area contributed by atoms with Gasteiger partial charge in [0, 0.05) is 41.5 Å². The Labute approximate surface area is 445 Å². The predicted octanol–water partition coefficient (Wildman–Crippen LogP) is 14.6. The van der Waals surface area contributed by atoms with Crippen LogP contribution in [0, 0.1) is 13.8 Å². The number of aryl methyl sites for hydroxylation is 2. The lowest BCUT2D eigenvalue weighted by molar-refractivity contribution is 0.248. The minimum absolute atomic E-state index is 0.0970. The molecule has 3 heterocycles. The Morgan fingerprint density at radius 1 is 0.521 bits per heavy atom. The predicted molar refractivity (Wildman–Crippen MR) is 305 cm³/mol. The van der Waals surface area contributed by atoms with Crippen LogP contribution in [-0.4, -0.2) is 93.4 Å². The van der Waals surface area contributed by atoms with Crippen molar-refractivity contribution in [2.24, 2.45) is 0 Å². The fourth-order valence-corrected chi connectivity index (χ4v) is 8.03. The minimum atomic E-state index is -0.518. The normalized spacial score (nSPS) is 10.6. The second-order valence-electron chi connectivity index (χ2n) is 15.2. The van der Waals surface area contributed by atoms with Gasteiger partial charge in [0.2, 0.25) is 0 Å². The molecule has 0 spiro atoms. The summed E-state index contributed by atoms with van der Waals surface area (Å²) >= 11 is 12.3. The van der Waals surface area contributed by atoms with E-state index in [4.69, 9.17) is 39.1 Å². The van der Waals surface area contributed by atoms with E-state index in [1.54, 1.807) is 18.2 Å². The highest BCUT2D eigenvalue weighted by Crippen LogP contribution is 2.32. The Balaban J connectivity index is 0.000000505. The molecule has 0 aliphatic heterocycles. The van der Waals surface area contributed by atoms with Crippen LogP contribution in [0.15, 0.2) is 97.2 Å². The summed E-state index contributed by atoms with van der Waals surface area (Å²) in [5.74, 6) is 2.09. The third-order valence-corrected chi connectivity index (χ3v) is 12.6. The van der Waals surface area contributed by atoms with E-state index in [0.717, 1.165) is 117 Å². The van der Waals surface area contributed by atoms with Crippen LogP contribution in [0.5, 0.6) is 17.2 Å². The van der Waals surface area contributed by atoms with Gasteiger partial charge in [-0.15, -0.1) is 0 Å². The summed E-state index contributed by atoms with van der Waals surface area (Å²) in [6.07, 6.45) is 2.86. The molecule has 3 aromatic carbocycles. The summed E-state index contributed by atoms with van der Waals surface area (Å²) in [7, 11) is 0. The van der Waals surface area contributed by atoms with Gasteiger partial charge in [0.25, 0.3) is 0 Å². The summed E-state index contributed by atoms with van der Waals surface area (Å²) in [6, 6.07) is 18.4. The van der Waals surface area contributed by atoms with Crippen molar-refractivity contribution in [3.05, 3.63) is 117 Å². The molecule has 0 aliphatic rings. The zero-order valence-electron chi connectivity index (χ0n) is 45.0. The molecule has 0 unspecified atom stereocenters. The van der Waals surface area contributed by atoms with Crippen LogP contribution < -0.4 is 31.1 Å². The van der Waals surface area contributed by atoms with Gasteiger partial charge in [-0.05, 0) is 153 Å². The first-order valence-electron chi connectivity index (χ1n) is 25.5. The Hall–Kier alpha value is -4.18. The van der Waals surface area contributed by atoms with Crippen molar-refractivity contribution in [2.45, 2.75) is 116 Å². The van der Waals surface area contributed by atoms with Crippen molar-refractivity contribution in [1.82, 2.24) is 14.7 Å². The molecule has 6 aromatic rings. The van der Waals surface area contributed by atoms with E-state index in [0.29, 0.717) is 51.3 Å². The van der Waals surface area contributed by atoms with Crippen molar-refractivity contribution in [1.29, 1.82) is 0 Å². The number of nitrogens with zero attached hydrogens (tertiary/aromatic N) is 3. The van der Waals surface area contributed by atoms with Crippen LogP contribution in [0.4, 0.5) is 0 Å². The fraction of sp³-hybridized carbons (Fsp3) is 0.518. The van der Waals surface area contributed by atoms with Crippen LogP contribution in [0.1, 0.15) is 113 Å². The van der Waals surface area contributed by atoms with Crippen molar-refractivity contribution in [3.63, 3.8) is 0 Å². The number of fused-ring (bicyclic) bond motifs is 3. The molecule has 6 rings (SSSR count). The first-order valence-corrected chi connectivity index (χ1v) is 27.5. The number of para-hydroxylation sites is 1. The van der Waals surface area contributed by atoms with E-state index in [1.807, 2.05) is 97.9 Å². The number of hydrogen-bond donors (Lipinski definition) is 0. The van der Waals surface area contributed by atoms with E-state index < -0.39 is 11.3 Å². The molecular weight excluding hydrogens is 1050 g/mol. The van der Waals surface area contributed by atoms with Gasteiger partial charge in [0.15, 0.2) is 5.75 Å². The van der Waals surface area contributed by atoms with Gasteiger partial charge in [0.05, 0.1) is 25.2 Å². The maximum absolute atomic E-state index is 11.8. The Morgan fingerprint density at radius 2 is 0.930 bits per heavy atom. The molecule has 12 nitrogen and oxygen atoms in total. The molecule has 0 atom stereocenters. The molecule has 0 saturated heterocycles. The molecule has 71 heavy (non-hydrogen) atoms. The molecule has 396 valence electrons. The molecular formula is C56H82Br2ClN3O9. The Morgan fingerprint density at radius 3 is 1.38 bits per heavy atom. The first kappa shape index (κ1) is 64.8. The molecule has 0 saturated carbocycles. The van der Waals surface area contributed by atoms with Crippen molar-refractivity contribution < 1.29 is 27.5 Å². The molecule has 3 aromatic heterocycles. The number of halogens is 3. The third kappa shape index (κ3) is 20.7. The second-order valence-corrected chi connectivity index (χ2v) is 17.2. The monoisotopic (exact) mass is 1130 g/mol. The molecule has 0 radical (unpaired) electrons. The van der Waals surface area contributed by atoms with Gasteiger partial charge in [-0.3, -0.25) is 0 Å². The van der Waals surface area contributed by atoms with Crippen molar-refractivity contribution in [3.8, 4) is 17.2 Å². The lowest BCUT2D eigenvalue weighted by Gasteiger charge is -2.18. The summed E-state index contributed by atoms with van der Waals surface area (Å²) in [5, 5.41) is 2.60. The summed E-state index contributed by atoms with van der Waals surface area (Å²) in [5.41, 5.74) is 2.08. The quantitative estimate of drug-likeness (QED) is 0.0503. The van der Waals surface area contributed by atoms with Gasteiger partial charge in [0.1, 0.15) is 42.2 Å². The molecule has 0 bridgehead atoms. The lowest BCUT2D eigenvalue weighted by Crippen LogP contribution is -2.25. The van der Waals surface area contributed by atoms with Crippen LogP contribution in [-0.2, 0) is 0 Å². The van der Waals surface area contributed by atoms with E-state index in [2.05, 4.69) is 88.1 Å². The molecule has 0 amide bonds. The average molecular weight is 1140 g/mol. The van der Waals surface area contributed by atoms with Crippen LogP contribution >= 0.6 is 43.5 Å². The molecule has 15 heteroatoms. The van der Waals surface area contributed by atoms with Crippen LogP contribution in [0.2, 0.25) is 5.02 Å². The van der Waals surface area contributed by atoms with Gasteiger partial charge >= 0.3 is 16.9 Å². The summed E-state index contributed by atoms with van der Waals surface area (Å²) in [4.78, 5) is 42.0. The van der Waals surface area contributed by atoms with Crippen LogP contribution in [0.3, 0.4) is 0 Å². The zero-order valence-corrected chi connectivity index (χ0v) is 49.0. The van der Waals surface area contributed by atoms with Gasteiger partial charge in [-0.2, -0.15) is 0 Å².